The fraction of sp³-hybridized carbons (Fsp3) is 0.692. The number of aliphatic imine (C=N–C) groups is 1. The molecule has 1 unspecified atom stereocenters. The SMILES string of the molecule is CN=C(NCCNS(C)(=O)=O)N1CCC(c2cnn(C)c2)C1.I. The van der Waals surface area contributed by atoms with Gasteiger partial charge in [-0.25, -0.2) is 13.1 Å². The number of guanidine groups is 1. The molecule has 2 N–H and O–H groups in total. The van der Waals surface area contributed by atoms with Gasteiger partial charge in [0.2, 0.25) is 10.0 Å². The first-order chi connectivity index (χ1) is 10.4. The predicted molar refractivity (Wildman–Crippen MR) is 102 cm³/mol. The van der Waals surface area contributed by atoms with Crippen molar-refractivity contribution in [2.24, 2.45) is 12.0 Å². The van der Waals surface area contributed by atoms with Crippen LogP contribution in [0, 0.1) is 0 Å². The van der Waals surface area contributed by atoms with Crippen molar-refractivity contribution in [3.05, 3.63) is 18.0 Å². The smallest absolute Gasteiger partial charge is 0.208 e. The van der Waals surface area contributed by atoms with Gasteiger partial charge < -0.3 is 10.2 Å². The first-order valence-electron chi connectivity index (χ1n) is 7.28. The van der Waals surface area contributed by atoms with Crippen LogP contribution in [0.15, 0.2) is 17.4 Å². The van der Waals surface area contributed by atoms with Crippen molar-refractivity contribution in [2.75, 3.05) is 39.5 Å². The highest BCUT2D eigenvalue weighted by molar-refractivity contribution is 14.0. The van der Waals surface area contributed by atoms with E-state index in [9.17, 15) is 8.42 Å². The van der Waals surface area contributed by atoms with E-state index in [1.807, 2.05) is 17.9 Å². The molecule has 0 aliphatic carbocycles. The molecule has 1 saturated heterocycles. The van der Waals surface area contributed by atoms with Gasteiger partial charge in [0, 0.05) is 52.4 Å². The molecule has 8 nitrogen and oxygen atoms in total. The van der Waals surface area contributed by atoms with Crippen molar-refractivity contribution in [3.63, 3.8) is 0 Å². The summed E-state index contributed by atoms with van der Waals surface area (Å²) in [4.78, 5) is 6.46. The highest BCUT2D eigenvalue weighted by Crippen LogP contribution is 2.26. The minimum Gasteiger partial charge on any atom is -0.355 e. The number of likely N-dealkylation sites (tertiary alicyclic amines) is 1. The third-order valence-electron chi connectivity index (χ3n) is 3.67. The highest BCUT2D eigenvalue weighted by Gasteiger charge is 2.26. The average molecular weight is 456 g/mol. The lowest BCUT2D eigenvalue weighted by molar-refractivity contribution is 0.486. The molecule has 2 rings (SSSR count). The van der Waals surface area contributed by atoms with E-state index in [1.54, 1.807) is 7.05 Å². The summed E-state index contributed by atoms with van der Waals surface area (Å²) in [5.74, 6) is 1.27. The molecule has 1 fully saturated rings. The molecule has 1 atom stereocenters. The first kappa shape index (κ1) is 20.2. The number of sulfonamides is 1. The number of nitrogens with one attached hydrogen (secondary N) is 2. The van der Waals surface area contributed by atoms with Crippen LogP contribution in [0.25, 0.3) is 0 Å². The normalized spacial score (nSPS) is 18.8. The van der Waals surface area contributed by atoms with Gasteiger partial charge in [0.1, 0.15) is 0 Å². The Morgan fingerprint density at radius 3 is 2.78 bits per heavy atom. The van der Waals surface area contributed by atoms with Crippen LogP contribution < -0.4 is 10.0 Å². The fourth-order valence-corrected chi connectivity index (χ4v) is 3.09. The topological polar surface area (TPSA) is 91.6 Å². The van der Waals surface area contributed by atoms with E-state index in [1.165, 1.54) is 5.56 Å². The van der Waals surface area contributed by atoms with Crippen molar-refractivity contribution in [1.82, 2.24) is 24.7 Å². The predicted octanol–water partition coefficient (Wildman–Crippen LogP) is -0.0480. The number of aromatic nitrogens is 2. The Balaban J connectivity index is 0.00000264. The van der Waals surface area contributed by atoms with Gasteiger partial charge in [-0.3, -0.25) is 9.67 Å². The zero-order valence-electron chi connectivity index (χ0n) is 13.7. The van der Waals surface area contributed by atoms with Crippen LogP contribution >= 0.6 is 24.0 Å². The van der Waals surface area contributed by atoms with Crippen LogP contribution in [0.3, 0.4) is 0 Å². The van der Waals surface area contributed by atoms with Crippen LogP contribution in [0.5, 0.6) is 0 Å². The molecule has 1 aliphatic heterocycles. The molecule has 0 saturated carbocycles. The summed E-state index contributed by atoms with van der Waals surface area (Å²) in [7, 11) is 0.519. The van der Waals surface area contributed by atoms with E-state index in [2.05, 4.69) is 31.2 Å². The molecule has 10 heteroatoms. The Kier molecular flexibility index (Phi) is 7.74. The second kappa shape index (κ2) is 8.83. The van der Waals surface area contributed by atoms with Gasteiger partial charge in [0.25, 0.3) is 0 Å². The van der Waals surface area contributed by atoms with E-state index in [0.29, 0.717) is 19.0 Å². The third-order valence-corrected chi connectivity index (χ3v) is 4.40. The van der Waals surface area contributed by atoms with Crippen LogP contribution in [0.2, 0.25) is 0 Å². The van der Waals surface area contributed by atoms with Gasteiger partial charge in [0.05, 0.1) is 12.5 Å². The Bertz CT molecular complexity index is 630. The summed E-state index contributed by atoms with van der Waals surface area (Å²) in [6, 6.07) is 0. The Morgan fingerprint density at radius 2 is 2.22 bits per heavy atom. The molecule has 23 heavy (non-hydrogen) atoms. The molecule has 0 aromatic carbocycles. The lowest BCUT2D eigenvalue weighted by Crippen LogP contribution is -2.43. The molecule has 0 amide bonds. The summed E-state index contributed by atoms with van der Waals surface area (Å²) in [6.07, 6.45) is 6.19. The summed E-state index contributed by atoms with van der Waals surface area (Å²) in [5, 5.41) is 7.41. The van der Waals surface area contributed by atoms with Gasteiger partial charge in [0.15, 0.2) is 5.96 Å². The summed E-state index contributed by atoms with van der Waals surface area (Å²) in [6.45, 7) is 2.68. The standard InChI is InChI=1S/C13H24N6O2S.HI/c1-14-13(15-5-6-17-22(3,20)21)19-7-4-11(10-19)12-8-16-18(2)9-12;/h8-9,11,17H,4-7,10H2,1-3H3,(H,14,15);1H. The number of hydrogen-bond acceptors (Lipinski definition) is 4. The minimum absolute atomic E-state index is 0. The van der Waals surface area contributed by atoms with Crippen molar-refractivity contribution >= 4 is 40.0 Å². The van der Waals surface area contributed by atoms with Crippen molar-refractivity contribution in [3.8, 4) is 0 Å². The lowest BCUT2D eigenvalue weighted by Gasteiger charge is -2.21. The zero-order chi connectivity index (χ0) is 16.2. The van der Waals surface area contributed by atoms with Crippen LogP contribution in [0.4, 0.5) is 0 Å². The lowest BCUT2D eigenvalue weighted by atomic mass is 10.0. The van der Waals surface area contributed by atoms with Crippen LogP contribution in [-0.4, -0.2) is 68.5 Å². The maximum absolute atomic E-state index is 11.0. The van der Waals surface area contributed by atoms with Gasteiger partial charge in [-0.05, 0) is 12.0 Å². The molecule has 2 heterocycles. The molecule has 0 radical (unpaired) electrons. The molecule has 0 spiro atoms. The number of nitrogens with zero attached hydrogens (tertiary/aromatic N) is 4. The summed E-state index contributed by atoms with van der Waals surface area (Å²) in [5.41, 5.74) is 1.25. The van der Waals surface area contributed by atoms with E-state index in [-0.39, 0.29) is 24.0 Å². The molecular weight excluding hydrogens is 431 g/mol. The Hall–Kier alpha value is -0.880. The number of rotatable bonds is 5. The number of hydrogen-bond donors (Lipinski definition) is 2. The Labute approximate surface area is 154 Å². The molecule has 1 aromatic heterocycles. The zero-order valence-corrected chi connectivity index (χ0v) is 16.8. The first-order valence-corrected chi connectivity index (χ1v) is 9.17. The molecule has 1 aromatic rings. The van der Waals surface area contributed by atoms with Gasteiger partial charge >= 0.3 is 0 Å². The quantitative estimate of drug-likeness (QED) is 0.281. The maximum Gasteiger partial charge on any atom is 0.208 e. The number of aryl methyl sites for hydroxylation is 1. The average Bonchev–Trinajstić information content (AvgIpc) is 3.06. The van der Waals surface area contributed by atoms with Crippen LogP contribution in [-0.2, 0) is 17.1 Å². The summed E-state index contributed by atoms with van der Waals surface area (Å²) < 4.78 is 26.3. The van der Waals surface area contributed by atoms with Crippen molar-refractivity contribution < 1.29 is 8.42 Å². The minimum atomic E-state index is -3.14. The highest BCUT2D eigenvalue weighted by atomic mass is 127. The van der Waals surface area contributed by atoms with Gasteiger partial charge in [-0.15, -0.1) is 24.0 Å². The molecule has 0 bridgehead atoms. The van der Waals surface area contributed by atoms with E-state index in [4.69, 9.17) is 0 Å². The largest absolute Gasteiger partial charge is 0.355 e. The van der Waals surface area contributed by atoms with Crippen molar-refractivity contribution in [2.45, 2.75) is 12.3 Å². The second-order valence-electron chi connectivity index (χ2n) is 5.52. The molecule has 132 valence electrons. The Morgan fingerprint density at radius 1 is 1.48 bits per heavy atom. The van der Waals surface area contributed by atoms with Gasteiger partial charge in [-0.1, -0.05) is 0 Å². The van der Waals surface area contributed by atoms with Gasteiger partial charge in [-0.2, -0.15) is 5.10 Å². The number of halogens is 1. The second-order valence-corrected chi connectivity index (χ2v) is 7.35. The molecular formula is C13H25IN6O2S. The van der Waals surface area contributed by atoms with Crippen LogP contribution in [0.1, 0.15) is 17.9 Å². The maximum atomic E-state index is 11.0. The van der Waals surface area contributed by atoms with E-state index < -0.39 is 10.0 Å². The fourth-order valence-electron chi connectivity index (χ4n) is 2.62. The van der Waals surface area contributed by atoms with Crippen molar-refractivity contribution in [1.29, 1.82) is 0 Å². The third kappa shape index (κ3) is 6.26. The van der Waals surface area contributed by atoms with E-state index >= 15 is 0 Å². The monoisotopic (exact) mass is 456 g/mol. The van der Waals surface area contributed by atoms with E-state index in [0.717, 1.165) is 31.7 Å². The summed E-state index contributed by atoms with van der Waals surface area (Å²) >= 11 is 0. The molecule has 1 aliphatic rings.